The lowest BCUT2D eigenvalue weighted by molar-refractivity contribution is 0.0697. The molecule has 0 aliphatic rings. The highest BCUT2D eigenvalue weighted by molar-refractivity contribution is 5.96. The van der Waals surface area contributed by atoms with Crippen LogP contribution in [-0.4, -0.2) is 16.2 Å². The number of aliphatic hydroxyl groups is 1. The molecule has 1 aromatic heterocycles. The van der Waals surface area contributed by atoms with Gasteiger partial charge in [0.2, 0.25) is 5.43 Å². The van der Waals surface area contributed by atoms with Gasteiger partial charge in [0, 0.05) is 0 Å². The Balaban J connectivity index is 2.40. The van der Waals surface area contributed by atoms with Crippen molar-refractivity contribution in [3.8, 4) is 0 Å². The van der Waals surface area contributed by atoms with E-state index in [0.717, 1.165) is 5.56 Å². The zero-order valence-electron chi connectivity index (χ0n) is 12.8. The standard InChI is InChI=1S/C18H16O5/c1-3-14(19)11-6-9(2)17-13(8-11)16(20)12-7-10(18(21)22)4-5-15(12)23-17/h4-8,14,19H,3H2,1-2H3,(H,21,22). The van der Waals surface area contributed by atoms with Crippen LogP contribution in [-0.2, 0) is 0 Å². The molecule has 3 aromatic rings. The Labute approximate surface area is 131 Å². The summed E-state index contributed by atoms with van der Waals surface area (Å²) in [5.41, 5.74) is 1.95. The second kappa shape index (κ2) is 5.52. The molecule has 0 saturated heterocycles. The Hall–Kier alpha value is -2.66. The Morgan fingerprint density at radius 2 is 1.96 bits per heavy atom. The van der Waals surface area contributed by atoms with Crippen LogP contribution >= 0.6 is 0 Å². The van der Waals surface area contributed by atoms with Crippen molar-refractivity contribution in [1.82, 2.24) is 0 Å². The molecule has 2 N–H and O–H groups in total. The van der Waals surface area contributed by atoms with Gasteiger partial charge in [-0.1, -0.05) is 6.92 Å². The molecule has 5 nitrogen and oxygen atoms in total. The van der Waals surface area contributed by atoms with Gasteiger partial charge in [0.15, 0.2) is 0 Å². The second-order valence-corrected chi connectivity index (χ2v) is 5.59. The molecule has 0 aliphatic heterocycles. The van der Waals surface area contributed by atoms with E-state index in [4.69, 9.17) is 9.52 Å². The van der Waals surface area contributed by atoms with Gasteiger partial charge in [0.1, 0.15) is 11.2 Å². The van der Waals surface area contributed by atoms with Crippen molar-refractivity contribution in [3.05, 3.63) is 57.2 Å². The quantitative estimate of drug-likeness (QED) is 0.724. The van der Waals surface area contributed by atoms with E-state index in [9.17, 15) is 14.7 Å². The number of aliphatic hydroxyl groups excluding tert-OH is 1. The van der Waals surface area contributed by atoms with E-state index in [0.29, 0.717) is 28.5 Å². The maximum Gasteiger partial charge on any atom is 0.335 e. The van der Waals surface area contributed by atoms with Gasteiger partial charge in [0.25, 0.3) is 0 Å². The predicted molar refractivity (Wildman–Crippen MR) is 86.9 cm³/mol. The molecule has 5 heteroatoms. The summed E-state index contributed by atoms with van der Waals surface area (Å²) in [4.78, 5) is 23.8. The summed E-state index contributed by atoms with van der Waals surface area (Å²) in [6, 6.07) is 7.64. The zero-order chi connectivity index (χ0) is 16.7. The number of carboxylic acid groups (broad SMARTS) is 1. The first-order valence-electron chi connectivity index (χ1n) is 7.35. The maximum absolute atomic E-state index is 12.7. The molecular formula is C18H16O5. The summed E-state index contributed by atoms with van der Waals surface area (Å²) in [5, 5.41) is 19.7. The van der Waals surface area contributed by atoms with E-state index in [1.807, 2.05) is 13.8 Å². The van der Waals surface area contributed by atoms with Crippen LogP contribution in [0.25, 0.3) is 21.9 Å². The fraction of sp³-hybridized carbons (Fsp3) is 0.222. The molecule has 1 unspecified atom stereocenters. The molecule has 0 amide bonds. The van der Waals surface area contributed by atoms with Crippen LogP contribution in [0.3, 0.4) is 0 Å². The third-order valence-electron chi connectivity index (χ3n) is 4.00. The summed E-state index contributed by atoms with van der Waals surface area (Å²) < 4.78 is 5.79. The molecule has 1 atom stereocenters. The van der Waals surface area contributed by atoms with Gasteiger partial charge >= 0.3 is 5.97 Å². The molecular weight excluding hydrogens is 296 g/mol. The first kappa shape index (κ1) is 15.2. The molecule has 0 saturated carbocycles. The summed E-state index contributed by atoms with van der Waals surface area (Å²) in [7, 11) is 0. The molecule has 0 fully saturated rings. The average molecular weight is 312 g/mol. The minimum absolute atomic E-state index is 0.0330. The van der Waals surface area contributed by atoms with Crippen molar-refractivity contribution in [3.63, 3.8) is 0 Å². The van der Waals surface area contributed by atoms with E-state index in [1.54, 1.807) is 12.1 Å². The fourth-order valence-electron chi connectivity index (χ4n) is 2.72. The number of benzene rings is 2. The van der Waals surface area contributed by atoms with E-state index in [1.165, 1.54) is 18.2 Å². The lowest BCUT2D eigenvalue weighted by Crippen LogP contribution is -2.07. The molecule has 0 radical (unpaired) electrons. The number of carbonyl (C=O) groups is 1. The molecule has 23 heavy (non-hydrogen) atoms. The third kappa shape index (κ3) is 2.49. The van der Waals surface area contributed by atoms with Gasteiger partial charge in [-0.2, -0.15) is 0 Å². The molecule has 0 aliphatic carbocycles. The van der Waals surface area contributed by atoms with Gasteiger partial charge in [0.05, 0.1) is 22.4 Å². The number of aryl methyl sites for hydroxylation is 1. The van der Waals surface area contributed by atoms with Crippen LogP contribution in [0.5, 0.6) is 0 Å². The van der Waals surface area contributed by atoms with Gasteiger partial charge < -0.3 is 14.6 Å². The molecule has 3 rings (SSSR count). The summed E-state index contributed by atoms with van der Waals surface area (Å²) in [6.07, 6.45) is -0.119. The van der Waals surface area contributed by atoms with Crippen molar-refractivity contribution in [2.45, 2.75) is 26.4 Å². The maximum atomic E-state index is 12.7. The van der Waals surface area contributed by atoms with Crippen LogP contribution in [0.4, 0.5) is 0 Å². The Bertz CT molecular complexity index is 984. The fourth-order valence-corrected chi connectivity index (χ4v) is 2.72. The number of rotatable bonds is 3. The van der Waals surface area contributed by atoms with Crippen LogP contribution in [0.15, 0.2) is 39.5 Å². The van der Waals surface area contributed by atoms with E-state index in [2.05, 4.69) is 0 Å². The smallest absolute Gasteiger partial charge is 0.335 e. The van der Waals surface area contributed by atoms with Crippen LogP contribution < -0.4 is 5.43 Å². The zero-order valence-corrected chi connectivity index (χ0v) is 12.8. The number of hydrogen-bond acceptors (Lipinski definition) is 4. The first-order valence-corrected chi connectivity index (χ1v) is 7.35. The minimum Gasteiger partial charge on any atom is -0.478 e. The Morgan fingerprint density at radius 3 is 2.61 bits per heavy atom. The van der Waals surface area contributed by atoms with Gasteiger partial charge in [-0.05, 0) is 54.8 Å². The number of carboxylic acids is 1. The monoisotopic (exact) mass is 312 g/mol. The number of fused-ring (bicyclic) bond motifs is 2. The Kier molecular flexibility index (Phi) is 3.66. The average Bonchev–Trinajstić information content (AvgIpc) is 2.54. The van der Waals surface area contributed by atoms with Gasteiger partial charge in [-0.15, -0.1) is 0 Å². The topological polar surface area (TPSA) is 87.7 Å². The lowest BCUT2D eigenvalue weighted by atomic mass is 10.00. The van der Waals surface area contributed by atoms with Gasteiger partial charge in [-0.25, -0.2) is 4.79 Å². The van der Waals surface area contributed by atoms with Crippen molar-refractivity contribution in [1.29, 1.82) is 0 Å². The van der Waals surface area contributed by atoms with Crippen LogP contribution in [0.2, 0.25) is 0 Å². The largest absolute Gasteiger partial charge is 0.478 e. The van der Waals surface area contributed by atoms with Crippen molar-refractivity contribution >= 4 is 27.9 Å². The number of hydrogen-bond donors (Lipinski definition) is 2. The first-order chi connectivity index (χ1) is 10.9. The minimum atomic E-state index is -1.10. The van der Waals surface area contributed by atoms with Crippen molar-refractivity contribution in [2.24, 2.45) is 0 Å². The normalized spacial score (nSPS) is 12.7. The summed E-state index contributed by atoms with van der Waals surface area (Å²) in [5.74, 6) is -1.10. The summed E-state index contributed by atoms with van der Waals surface area (Å²) >= 11 is 0. The van der Waals surface area contributed by atoms with E-state index >= 15 is 0 Å². The molecule has 0 bridgehead atoms. The van der Waals surface area contributed by atoms with Crippen molar-refractivity contribution < 1.29 is 19.4 Å². The highest BCUT2D eigenvalue weighted by Gasteiger charge is 2.15. The molecule has 2 aromatic carbocycles. The van der Waals surface area contributed by atoms with Crippen molar-refractivity contribution in [2.75, 3.05) is 0 Å². The lowest BCUT2D eigenvalue weighted by Gasteiger charge is -2.11. The molecule has 1 heterocycles. The highest BCUT2D eigenvalue weighted by atomic mass is 16.4. The molecule has 0 spiro atoms. The Morgan fingerprint density at radius 1 is 1.22 bits per heavy atom. The highest BCUT2D eigenvalue weighted by Crippen LogP contribution is 2.27. The third-order valence-corrected chi connectivity index (χ3v) is 4.00. The molecule has 118 valence electrons. The SMILES string of the molecule is CCC(O)c1cc(C)c2oc3ccc(C(=O)O)cc3c(=O)c2c1. The van der Waals surface area contributed by atoms with Gasteiger partial charge in [-0.3, -0.25) is 4.79 Å². The van der Waals surface area contributed by atoms with Crippen LogP contribution in [0.1, 0.15) is 40.9 Å². The van der Waals surface area contributed by atoms with E-state index < -0.39 is 12.1 Å². The van der Waals surface area contributed by atoms with E-state index in [-0.39, 0.29) is 16.4 Å². The number of aromatic carboxylic acids is 1. The van der Waals surface area contributed by atoms with Crippen LogP contribution in [0, 0.1) is 6.92 Å². The summed E-state index contributed by atoms with van der Waals surface area (Å²) in [6.45, 7) is 3.67. The second-order valence-electron chi connectivity index (χ2n) is 5.59. The predicted octanol–water partition coefficient (Wildman–Crippen LogP) is 3.40.